The molecule has 1 amide bonds. The molecule has 136 valence electrons. The number of carboxylic acid groups (broad SMARTS) is 1. The fourth-order valence-corrected chi connectivity index (χ4v) is 2.99. The number of methoxy groups -OCH3 is 2. The van der Waals surface area contributed by atoms with Crippen LogP contribution < -0.4 is 14.8 Å². The molecule has 0 aromatic heterocycles. The number of benzene rings is 2. The van der Waals surface area contributed by atoms with Gasteiger partial charge in [-0.1, -0.05) is 24.3 Å². The number of nitrogens with one attached hydrogen (secondary N) is 1. The lowest BCUT2D eigenvalue weighted by molar-refractivity contribution is -0.128. The molecule has 26 heavy (non-hydrogen) atoms. The quantitative estimate of drug-likeness (QED) is 0.854. The first-order valence-corrected chi connectivity index (χ1v) is 8.04. The van der Waals surface area contributed by atoms with Crippen molar-refractivity contribution in [3.05, 3.63) is 53.1 Å². The van der Waals surface area contributed by atoms with Crippen molar-refractivity contribution in [2.24, 2.45) is 0 Å². The van der Waals surface area contributed by atoms with Gasteiger partial charge in [0.1, 0.15) is 0 Å². The molecule has 0 aliphatic carbocycles. The van der Waals surface area contributed by atoms with Crippen LogP contribution >= 0.6 is 0 Å². The summed E-state index contributed by atoms with van der Waals surface area (Å²) in [6.45, 7) is 0.435. The van der Waals surface area contributed by atoms with Gasteiger partial charge in [-0.3, -0.25) is 4.79 Å². The summed E-state index contributed by atoms with van der Waals surface area (Å²) >= 11 is 0. The number of hydrogen-bond acceptors (Lipinski definition) is 5. The Morgan fingerprint density at radius 1 is 1.19 bits per heavy atom. The minimum absolute atomic E-state index is 0.0251. The van der Waals surface area contributed by atoms with Crippen LogP contribution in [0, 0.1) is 0 Å². The molecule has 2 aromatic rings. The maximum Gasteiger partial charge on any atom is 0.335 e. The highest BCUT2D eigenvalue weighted by molar-refractivity contribution is 5.99. The number of carbonyl (C=O) groups excluding carboxylic acids is 1. The summed E-state index contributed by atoms with van der Waals surface area (Å²) in [7, 11) is 2.82. The van der Waals surface area contributed by atoms with Gasteiger partial charge in [0.15, 0.2) is 17.6 Å². The second-order valence-electron chi connectivity index (χ2n) is 5.75. The van der Waals surface area contributed by atoms with Crippen molar-refractivity contribution >= 4 is 17.6 Å². The van der Waals surface area contributed by atoms with E-state index in [1.54, 1.807) is 0 Å². The molecule has 1 aliphatic rings. The van der Waals surface area contributed by atoms with Crippen LogP contribution in [-0.4, -0.2) is 37.8 Å². The molecule has 1 atom stereocenters. The predicted octanol–water partition coefficient (Wildman–Crippen LogP) is 2.65. The Morgan fingerprint density at radius 3 is 2.65 bits per heavy atom. The standard InChI is InChI=1S/C19H19NO6/c1-24-15-10-12(19(22)23)9-14(17(15)25-2)20-18(21)16-13-6-4-3-5-11(13)7-8-26-16/h3-6,9-10,16H,7-8H2,1-2H3,(H,20,21)(H,22,23). The molecule has 7 heteroatoms. The van der Waals surface area contributed by atoms with E-state index in [1.807, 2.05) is 24.3 Å². The Labute approximate surface area is 150 Å². The van der Waals surface area contributed by atoms with Gasteiger partial charge in [-0.05, 0) is 29.7 Å². The minimum atomic E-state index is -1.14. The van der Waals surface area contributed by atoms with Gasteiger partial charge in [0.25, 0.3) is 5.91 Å². The largest absolute Gasteiger partial charge is 0.493 e. The van der Waals surface area contributed by atoms with Gasteiger partial charge in [0.2, 0.25) is 0 Å². The van der Waals surface area contributed by atoms with Crippen LogP contribution in [0.15, 0.2) is 36.4 Å². The van der Waals surface area contributed by atoms with Crippen LogP contribution in [0.3, 0.4) is 0 Å². The topological polar surface area (TPSA) is 94.1 Å². The number of hydrogen-bond donors (Lipinski definition) is 2. The van der Waals surface area contributed by atoms with Gasteiger partial charge in [-0.15, -0.1) is 0 Å². The smallest absolute Gasteiger partial charge is 0.335 e. The Bertz CT molecular complexity index is 848. The molecule has 7 nitrogen and oxygen atoms in total. The molecule has 1 unspecified atom stereocenters. The molecule has 0 saturated heterocycles. The molecule has 0 radical (unpaired) electrons. The van der Waals surface area contributed by atoms with Crippen LogP contribution in [0.1, 0.15) is 27.6 Å². The monoisotopic (exact) mass is 357 g/mol. The molecule has 3 rings (SSSR count). The van der Waals surface area contributed by atoms with Crippen LogP contribution in [0.4, 0.5) is 5.69 Å². The highest BCUT2D eigenvalue weighted by Crippen LogP contribution is 2.38. The van der Waals surface area contributed by atoms with E-state index in [9.17, 15) is 14.7 Å². The van der Waals surface area contributed by atoms with Crippen molar-refractivity contribution in [1.82, 2.24) is 0 Å². The van der Waals surface area contributed by atoms with E-state index in [0.29, 0.717) is 6.61 Å². The summed E-state index contributed by atoms with van der Waals surface area (Å²) in [5, 5.41) is 12.0. The summed E-state index contributed by atoms with van der Waals surface area (Å²) in [4.78, 5) is 24.1. The molecule has 0 fully saturated rings. The highest BCUT2D eigenvalue weighted by Gasteiger charge is 2.28. The first-order valence-electron chi connectivity index (χ1n) is 8.04. The van der Waals surface area contributed by atoms with Crippen LogP contribution in [-0.2, 0) is 16.0 Å². The van der Waals surface area contributed by atoms with Crippen LogP contribution in [0.5, 0.6) is 11.5 Å². The molecule has 2 aromatic carbocycles. The fraction of sp³-hybridized carbons (Fsp3) is 0.263. The number of anilines is 1. The maximum absolute atomic E-state index is 12.8. The average molecular weight is 357 g/mol. The van der Waals surface area contributed by atoms with Crippen LogP contribution in [0.25, 0.3) is 0 Å². The molecule has 0 bridgehead atoms. The van der Waals surface area contributed by atoms with Crippen molar-refractivity contribution in [3.63, 3.8) is 0 Å². The first kappa shape index (κ1) is 17.8. The van der Waals surface area contributed by atoms with Crippen molar-refractivity contribution in [1.29, 1.82) is 0 Å². The zero-order valence-corrected chi connectivity index (χ0v) is 14.4. The van der Waals surface area contributed by atoms with Gasteiger partial charge in [0, 0.05) is 0 Å². The summed E-state index contributed by atoms with van der Waals surface area (Å²) < 4.78 is 16.1. The van der Waals surface area contributed by atoms with Gasteiger partial charge >= 0.3 is 5.97 Å². The molecular formula is C19H19NO6. The third-order valence-corrected chi connectivity index (χ3v) is 4.22. The van der Waals surface area contributed by atoms with Gasteiger partial charge in [-0.25, -0.2) is 4.79 Å². The number of fused-ring (bicyclic) bond motifs is 1. The molecule has 0 spiro atoms. The number of aromatic carboxylic acids is 1. The van der Waals surface area contributed by atoms with Crippen LogP contribution in [0.2, 0.25) is 0 Å². The van der Waals surface area contributed by atoms with E-state index in [-0.39, 0.29) is 22.7 Å². The highest BCUT2D eigenvalue weighted by atomic mass is 16.5. The third-order valence-electron chi connectivity index (χ3n) is 4.22. The van der Waals surface area contributed by atoms with Crippen molar-refractivity contribution in [2.75, 3.05) is 26.1 Å². The van der Waals surface area contributed by atoms with E-state index >= 15 is 0 Å². The number of ether oxygens (including phenoxy) is 3. The molecule has 1 aliphatic heterocycles. The summed E-state index contributed by atoms with van der Waals surface area (Å²) in [6, 6.07) is 10.3. The Morgan fingerprint density at radius 2 is 1.96 bits per heavy atom. The average Bonchev–Trinajstić information content (AvgIpc) is 2.66. The summed E-state index contributed by atoms with van der Waals surface area (Å²) in [6.07, 6.45) is -0.0323. The SMILES string of the molecule is COc1cc(C(=O)O)cc(NC(=O)C2OCCc3ccccc32)c1OC. The van der Waals surface area contributed by atoms with E-state index in [4.69, 9.17) is 14.2 Å². The third kappa shape index (κ3) is 3.34. The number of amides is 1. The van der Waals surface area contributed by atoms with Gasteiger partial charge < -0.3 is 24.6 Å². The lowest BCUT2D eigenvalue weighted by Gasteiger charge is -2.25. The first-order chi connectivity index (χ1) is 12.5. The molecule has 1 heterocycles. The number of carbonyl (C=O) groups is 2. The normalized spacial score (nSPS) is 15.7. The number of rotatable bonds is 5. The van der Waals surface area contributed by atoms with Gasteiger partial charge in [-0.2, -0.15) is 0 Å². The minimum Gasteiger partial charge on any atom is -0.493 e. The van der Waals surface area contributed by atoms with E-state index < -0.39 is 18.0 Å². The van der Waals surface area contributed by atoms with Crippen molar-refractivity contribution in [2.45, 2.75) is 12.5 Å². The van der Waals surface area contributed by atoms with E-state index in [1.165, 1.54) is 26.4 Å². The molecule has 0 saturated carbocycles. The Hall–Kier alpha value is -3.06. The molecule has 2 N–H and O–H groups in total. The zero-order chi connectivity index (χ0) is 18.7. The van der Waals surface area contributed by atoms with Crippen molar-refractivity contribution < 1.29 is 28.9 Å². The van der Waals surface area contributed by atoms with E-state index in [2.05, 4.69) is 5.32 Å². The summed E-state index contributed by atoms with van der Waals surface area (Å²) in [5.41, 5.74) is 2.04. The lowest BCUT2D eigenvalue weighted by Crippen LogP contribution is -2.28. The lowest BCUT2D eigenvalue weighted by atomic mass is 9.97. The predicted molar refractivity (Wildman–Crippen MR) is 94.0 cm³/mol. The Kier molecular flexibility index (Phi) is 5.09. The van der Waals surface area contributed by atoms with Gasteiger partial charge in [0.05, 0.1) is 32.1 Å². The van der Waals surface area contributed by atoms with E-state index in [0.717, 1.165) is 17.5 Å². The second kappa shape index (κ2) is 7.45. The zero-order valence-electron chi connectivity index (χ0n) is 14.4. The fourth-order valence-electron chi connectivity index (χ4n) is 2.99. The maximum atomic E-state index is 12.8. The summed E-state index contributed by atoms with van der Waals surface area (Å²) in [5.74, 6) is -1.08. The second-order valence-corrected chi connectivity index (χ2v) is 5.75. The molecular weight excluding hydrogens is 338 g/mol. The number of carboxylic acids is 1. The Balaban J connectivity index is 1.95. The van der Waals surface area contributed by atoms with Crippen molar-refractivity contribution in [3.8, 4) is 11.5 Å².